The van der Waals surface area contributed by atoms with E-state index in [1.807, 2.05) is 5.32 Å². The van der Waals surface area contributed by atoms with Crippen LogP contribution in [0.4, 0.5) is 16.2 Å². The Morgan fingerprint density at radius 3 is 1.85 bits per heavy atom. The van der Waals surface area contributed by atoms with Crippen LogP contribution in [0.5, 0.6) is 17.2 Å². The number of sulfonamides is 1. The van der Waals surface area contributed by atoms with Crippen LogP contribution in [0, 0.1) is 10.1 Å². The molecule has 0 aliphatic heterocycles. The predicted octanol–water partition coefficient (Wildman–Crippen LogP) is 5.00. The quantitative estimate of drug-likeness (QED) is 0.0583. The lowest BCUT2D eigenvalue weighted by Crippen LogP contribution is -2.33. The standard InChI is InChI=1S/C40H40N8O11S2/c1-57-29-13-7-26(8-14-29)23-46(24-27-9-15-30(58-2)16-10-27)61(55,56)38-35(60(53,54)22-21-42-40(49)50)20-19-32(33-5-4-6-34(41)37(33)48(51)52)36(38)39-43-45-47(44-39)25-28-11-17-31(59-3)18-12-28/h4-20,42H,21-25,41H2,1-3H3,(H,49,50). The molecule has 6 rings (SSSR count). The predicted molar refractivity (Wildman–Crippen MR) is 222 cm³/mol. The fraction of sp³-hybridized carbons (Fsp3) is 0.200. The number of carboxylic acid groups (broad SMARTS) is 1. The minimum atomic E-state index is -5.07. The third-order valence-corrected chi connectivity index (χ3v) is 13.2. The van der Waals surface area contributed by atoms with E-state index in [-0.39, 0.29) is 36.4 Å². The highest BCUT2D eigenvalue weighted by Crippen LogP contribution is 2.45. The summed E-state index contributed by atoms with van der Waals surface area (Å²) in [4.78, 5) is 22.8. The third-order valence-electron chi connectivity index (χ3n) is 9.44. The molecule has 1 amide bonds. The number of ether oxygens (including phenoxy) is 3. The number of nitro benzene ring substituents is 1. The number of methoxy groups -OCH3 is 3. The Hall–Kier alpha value is -7.10. The molecule has 1 heterocycles. The smallest absolute Gasteiger partial charge is 0.404 e. The minimum Gasteiger partial charge on any atom is -0.497 e. The fourth-order valence-corrected chi connectivity index (χ4v) is 10.0. The van der Waals surface area contributed by atoms with E-state index in [2.05, 4.69) is 15.4 Å². The number of carbonyl (C=O) groups is 1. The number of hydrogen-bond donors (Lipinski definition) is 3. The highest BCUT2D eigenvalue weighted by Gasteiger charge is 2.39. The van der Waals surface area contributed by atoms with E-state index in [0.717, 1.165) is 15.2 Å². The topological polar surface area (TPSA) is 261 Å². The Kier molecular flexibility index (Phi) is 13.1. The van der Waals surface area contributed by atoms with Crippen LogP contribution in [-0.2, 0) is 39.5 Å². The van der Waals surface area contributed by atoms with Gasteiger partial charge in [0.1, 0.15) is 27.8 Å². The lowest BCUT2D eigenvalue weighted by molar-refractivity contribution is -0.383. The molecule has 21 heteroatoms. The summed E-state index contributed by atoms with van der Waals surface area (Å²) in [5.41, 5.74) is 6.19. The van der Waals surface area contributed by atoms with E-state index in [0.29, 0.717) is 33.9 Å². The first-order valence-electron chi connectivity index (χ1n) is 18.2. The molecule has 0 bridgehead atoms. The van der Waals surface area contributed by atoms with Gasteiger partial charge in [-0.25, -0.2) is 21.6 Å². The average molecular weight is 873 g/mol. The van der Waals surface area contributed by atoms with Crippen molar-refractivity contribution in [1.29, 1.82) is 0 Å². The maximum Gasteiger partial charge on any atom is 0.404 e. The number of nitrogens with two attached hydrogens (primary N) is 1. The molecule has 0 unspecified atom stereocenters. The van der Waals surface area contributed by atoms with Gasteiger partial charge in [-0.3, -0.25) is 10.1 Å². The van der Waals surface area contributed by atoms with Gasteiger partial charge in [0.2, 0.25) is 15.8 Å². The maximum atomic E-state index is 15.7. The molecule has 0 radical (unpaired) electrons. The Balaban J connectivity index is 1.66. The number of aromatic nitrogens is 4. The van der Waals surface area contributed by atoms with Gasteiger partial charge in [-0.1, -0.05) is 48.5 Å². The molecule has 0 saturated carbocycles. The van der Waals surface area contributed by atoms with Crippen molar-refractivity contribution < 1.29 is 45.9 Å². The molecule has 1 aromatic heterocycles. The van der Waals surface area contributed by atoms with Crippen LogP contribution in [0.15, 0.2) is 113 Å². The molecule has 318 valence electrons. The monoisotopic (exact) mass is 872 g/mol. The van der Waals surface area contributed by atoms with E-state index in [1.165, 1.54) is 45.6 Å². The van der Waals surface area contributed by atoms with Gasteiger partial charge in [0, 0.05) is 25.2 Å². The van der Waals surface area contributed by atoms with Crippen molar-refractivity contribution in [3.8, 4) is 39.8 Å². The Morgan fingerprint density at radius 1 is 0.803 bits per heavy atom. The highest BCUT2D eigenvalue weighted by molar-refractivity contribution is 7.93. The highest BCUT2D eigenvalue weighted by atomic mass is 32.2. The lowest BCUT2D eigenvalue weighted by Gasteiger charge is -2.26. The van der Waals surface area contributed by atoms with Crippen LogP contribution in [0.1, 0.15) is 16.7 Å². The number of nitrogen functional groups attached to an aromatic ring is 1. The number of anilines is 1. The Morgan fingerprint density at radius 2 is 1.34 bits per heavy atom. The number of nitrogens with zero attached hydrogens (tertiary/aromatic N) is 6. The van der Waals surface area contributed by atoms with E-state index in [9.17, 15) is 28.4 Å². The van der Waals surface area contributed by atoms with Crippen LogP contribution in [-0.4, -0.2) is 91.1 Å². The molecule has 19 nitrogen and oxygen atoms in total. The zero-order valence-corrected chi connectivity index (χ0v) is 34.6. The largest absolute Gasteiger partial charge is 0.497 e. The number of tetrazole rings is 1. The summed E-state index contributed by atoms with van der Waals surface area (Å²) in [6, 6.07) is 26.3. The van der Waals surface area contributed by atoms with Gasteiger partial charge in [0.05, 0.1) is 54.6 Å². The number of amides is 1. The van der Waals surface area contributed by atoms with Crippen molar-refractivity contribution in [2.45, 2.75) is 29.4 Å². The zero-order valence-electron chi connectivity index (χ0n) is 33.0. The van der Waals surface area contributed by atoms with Crippen molar-refractivity contribution in [1.82, 2.24) is 29.8 Å². The summed E-state index contributed by atoms with van der Waals surface area (Å²) in [7, 11) is -5.30. The number of benzene rings is 5. The second kappa shape index (κ2) is 18.4. The summed E-state index contributed by atoms with van der Waals surface area (Å²) < 4.78 is 77.1. The van der Waals surface area contributed by atoms with Crippen molar-refractivity contribution >= 4 is 37.3 Å². The summed E-state index contributed by atoms with van der Waals surface area (Å²) in [5.74, 6) is 0.324. The summed E-state index contributed by atoms with van der Waals surface area (Å²) >= 11 is 0. The first-order valence-corrected chi connectivity index (χ1v) is 21.3. The van der Waals surface area contributed by atoms with Crippen molar-refractivity contribution in [3.05, 3.63) is 130 Å². The van der Waals surface area contributed by atoms with Gasteiger partial charge in [-0.05, 0) is 76.5 Å². The van der Waals surface area contributed by atoms with Gasteiger partial charge >= 0.3 is 6.09 Å². The molecule has 0 spiro atoms. The van der Waals surface area contributed by atoms with Crippen LogP contribution in [0.3, 0.4) is 0 Å². The van der Waals surface area contributed by atoms with Crippen LogP contribution >= 0.6 is 0 Å². The zero-order chi connectivity index (χ0) is 43.9. The van der Waals surface area contributed by atoms with Gasteiger partial charge in [0.15, 0.2) is 9.84 Å². The molecule has 0 aliphatic rings. The summed E-state index contributed by atoms with van der Waals surface area (Å²) in [6.45, 7) is -1.20. The number of nitro groups is 1. The minimum absolute atomic E-state index is 0.0206. The van der Waals surface area contributed by atoms with E-state index < -0.39 is 70.0 Å². The SMILES string of the molecule is COc1ccc(CN(Cc2ccc(OC)cc2)S(=O)(=O)c2c(S(=O)(=O)CCNC(=O)O)ccc(-c3cccc(N)c3[N+](=O)[O-])c2-c2nnn(Cc3ccc(OC)cc3)n2)cc1. The first-order chi connectivity index (χ1) is 29.1. The van der Waals surface area contributed by atoms with E-state index in [1.54, 1.807) is 72.8 Å². The summed E-state index contributed by atoms with van der Waals surface area (Å²) in [5, 5.41) is 36.7. The lowest BCUT2D eigenvalue weighted by atomic mass is 9.97. The van der Waals surface area contributed by atoms with Crippen molar-refractivity contribution in [2.24, 2.45) is 0 Å². The molecule has 0 saturated heterocycles. The second-order valence-corrected chi connectivity index (χ2v) is 17.3. The Bertz CT molecular complexity index is 2720. The third kappa shape index (κ3) is 9.86. The molecule has 4 N–H and O–H groups in total. The Labute approximate surface area is 350 Å². The molecule has 0 fully saturated rings. The average Bonchev–Trinajstić information content (AvgIpc) is 3.71. The molecular formula is C40H40N8O11S2. The second-order valence-electron chi connectivity index (χ2n) is 13.3. The van der Waals surface area contributed by atoms with Crippen LogP contribution < -0.4 is 25.3 Å². The van der Waals surface area contributed by atoms with Crippen LogP contribution in [0.2, 0.25) is 0 Å². The van der Waals surface area contributed by atoms with E-state index >= 15 is 8.42 Å². The normalized spacial score (nSPS) is 11.6. The molecule has 5 aromatic carbocycles. The number of nitrogens with one attached hydrogen (secondary N) is 1. The number of sulfone groups is 1. The summed E-state index contributed by atoms with van der Waals surface area (Å²) in [6.07, 6.45) is -1.50. The van der Waals surface area contributed by atoms with Gasteiger partial charge in [-0.15, -0.1) is 10.2 Å². The first kappa shape index (κ1) is 43.5. The molecular weight excluding hydrogens is 833 g/mol. The molecule has 61 heavy (non-hydrogen) atoms. The number of rotatable bonds is 18. The van der Waals surface area contributed by atoms with Gasteiger partial charge in [0.25, 0.3) is 5.69 Å². The fourth-order valence-electron chi connectivity index (χ4n) is 6.42. The van der Waals surface area contributed by atoms with Crippen LogP contribution in [0.25, 0.3) is 22.5 Å². The van der Waals surface area contributed by atoms with Crippen molar-refractivity contribution in [2.75, 3.05) is 39.4 Å². The molecule has 0 aliphatic carbocycles. The molecule has 6 aromatic rings. The van der Waals surface area contributed by atoms with Crippen molar-refractivity contribution in [3.63, 3.8) is 0 Å². The van der Waals surface area contributed by atoms with Gasteiger partial charge in [-0.2, -0.15) is 9.10 Å². The number of para-hydroxylation sites is 1. The number of hydrogen-bond acceptors (Lipinski definition) is 14. The molecule has 0 atom stereocenters. The van der Waals surface area contributed by atoms with E-state index in [4.69, 9.17) is 19.9 Å². The maximum absolute atomic E-state index is 15.7. The van der Waals surface area contributed by atoms with Gasteiger partial charge < -0.3 is 30.4 Å².